The summed E-state index contributed by atoms with van der Waals surface area (Å²) in [6, 6.07) is 7.88. The van der Waals surface area contributed by atoms with E-state index in [1.54, 1.807) is 0 Å². The van der Waals surface area contributed by atoms with E-state index >= 15 is 0 Å². The van der Waals surface area contributed by atoms with Crippen molar-refractivity contribution in [3.63, 3.8) is 0 Å². The maximum Gasteiger partial charge on any atom is 0.221 e. The highest BCUT2D eigenvalue weighted by atomic mass is 35.5. The Morgan fingerprint density at radius 3 is 2.76 bits per heavy atom. The third-order valence-corrected chi connectivity index (χ3v) is 3.77. The average molecular weight is 394 g/mol. The summed E-state index contributed by atoms with van der Waals surface area (Å²) in [6.45, 7) is 6.36. The van der Waals surface area contributed by atoms with Gasteiger partial charge >= 0.3 is 0 Å². The number of rotatable bonds is 9. The fourth-order valence-corrected chi connectivity index (χ4v) is 2.39. The van der Waals surface area contributed by atoms with Crippen LogP contribution in [0.25, 0.3) is 0 Å². The SMILES string of the molecule is CNCCC(=O)NCc1cccc(OCCN2CCOCC2)c1.Cl.Cl. The fraction of sp³-hybridized carbons (Fsp3) is 0.588. The Kier molecular flexibility index (Phi) is 13.6. The lowest BCUT2D eigenvalue weighted by Crippen LogP contribution is -2.38. The second kappa shape index (κ2) is 14.2. The second-order valence-corrected chi connectivity index (χ2v) is 5.58. The molecule has 0 aromatic heterocycles. The lowest BCUT2D eigenvalue weighted by Gasteiger charge is -2.26. The van der Waals surface area contributed by atoms with Gasteiger partial charge in [0.05, 0.1) is 13.2 Å². The van der Waals surface area contributed by atoms with E-state index in [0.29, 0.717) is 26.1 Å². The Labute approximate surface area is 162 Å². The number of hydrogen-bond donors (Lipinski definition) is 2. The molecule has 2 N–H and O–H groups in total. The van der Waals surface area contributed by atoms with Gasteiger partial charge in [0.15, 0.2) is 0 Å². The van der Waals surface area contributed by atoms with Gasteiger partial charge < -0.3 is 20.1 Å². The normalized spacial score (nSPS) is 14.1. The maximum absolute atomic E-state index is 11.6. The number of carbonyl (C=O) groups is 1. The van der Waals surface area contributed by atoms with Crippen LogP contribution in [-0.4, -0.2) is 63.9 Å². The number of amides is 1. The fourth-order valence-electron chi connectivity index (χ4n) is 2.39. The first kappa shape index (κ1) is 23.9. The molecule has 1 saturated heterocycles. The standard InChI is InChI=1S/C17H27N3O3.2ClH/c1-18-6-5-17(21)19-14-15-3-2-4-16(13-15)23-12-9-20-7-10-22-11-8-20;;/h2-4,13,18H,5-12,14H2,1H3,(H,19,21);2*1H. The highest BCUT2D eigenvalue weighted by Gasteiger charge is 2.09. The first-order chi connectivity index (χ1) is 11.3. The summed E-state index contributed by atoms with van der Waals surface area (Å²) in [6.07, 6.45) is 0.492. The van der Waals surface area contributed by atoms with Gasteiger partial charge in [0.2, 0.25) is 5.91 Å². The van der Waals surface area contributed by atoms with Crippen LogP contribution in [0.5, 0.6) is 5.75 Å². The van der Waals surface area contributed by atoms with E-state index in [9.17, 15) is 4.79 Å². The van der Waals surface area contributed by atoms with Gasteiger partial charge in [-0.1, -0.05) is 12.1 Å². The van der Waals surface area contributed by atoms with E-state index in [0.717, 1.165) is 44.2 Å². The molecule has 0 unspecified atom stereocenters. The van der Waals surface area contributed by atoms with Crippen LogP contribution in [0.2, 0.25) is 0 Å². The van der Waals surface area contributed by atoms with Crippen LogP contribution in [0, 0.1) is 0 Å². The quantitative estimate of drug-likeness (QED) is 0.664. The molecule has 0 aliphatic carbocycles. The van der Waals surface area contributed by atoms with Crippen LogP contribution in [0.3, 0.4) is 0 Å². The number of benzene rings is 1. The minimum atomic E-state index is 0. The van der Waals surface area contributed by atoms with Gasteiger partial charge in [-0.15, -0.1) is 24.8 Å². The third kappa shape index (κ3) is 9.87. The maximum atomic E-state index is 11.6. The van der Waals surface area contributed by atoms with Gasteiger partial charge in [0.1, 0.15) is 12.4 Å². The minimum Gasteiger partial charge on any atom is -0.492 e. The molecule has 0 atom stereocenters. The van der Waals surface area contributed by atoms with Crippen molar-refractivity contribution < 1.29 is 14.3 Å². The van der Waals surface area contributed by atoms with Gasteiger partial charge in [0.25, 0.3) is 0 Å². The number of ether oxygens (including phenoxy) is 2. The second-order valence-electron chi connectivity index (χ2n) is 5.58. The zero-order valence-electron chi connectivity index (χ0n) is 14.7. The number of hydrogen-bond acceptors (Lipinski definition) is 5. The van der Waals surface area contributed by atoms with Crippen molar-refractivity contribution >= 4 is 30.7 Å². The zero-order chi connectivity index (χ0) is 16.3. The number of morpholine rings is 1. The Hall–Kier alpha value is -1.05. The molecule has 0 saturated carbocycles. The number of halogens is 2. The molecule has 1 aromatic rings. The summed E-state index contributed by atoms with van der Waals surface area (Å²) < 4.78 is 11.1. The van der Waals surface area contributed by atoms with E-state index in [4.69, 9.17) is 9.47 Å². The zero-order valence-corrected chi connectivity index (χ0v) is 16.3. The van der Waals surface area contributed by atoms with Crippen molar-refractivity contribution in [3.8, 4) is 5.75 Å². The van der Waals surface area contributed by atoms with E-state index < -0.39 is 0 Å². The van der Waals surface area contributed by atoms with Gasteiger partial charge in [-0.25, -0.2) is 0 Å². The molecule has 0 radical (unpaired) electrons. The minimum absolute atomic E-state index is 0. The molecule has 1 amide bonds. The molecule has 0 bridgehead atoms. The van der Waals surface area contributed by atoms with Crippen molar-refractivity contribution in [2.24, 2.45) is 0 Å². The molecule has 1 heterocycles. The van der Waals surface area contributed by atoms with Gasteiger partial charge in [-0.3, -0.25) is 9.69 Å². The Balaban J connectivity index is 0.00000288. The van der Waals surface area contributed by atoms with Crippen molar-refractivity contribution in [2.45, 2.75) is 13.0 Å². The molecule has 1 fully saturated rings. The van der Waals surface area contributed by atoms with Crippen LogP contribution >= 0.6 is 24.8 Å². The van der Waals surface area contributed by atoms with Crippen molar-refractivity contribution in [1.29, 1.82) is 0 Å². The van der Waals surface area contributed by atoms with Crippen LogP contribution < -0.4 is 15.4 Å². The van der Waals surface area contributed by atoms with Gasteiger partial charge in [-0.05, 0) is 24.7 Å². The smallest absolute Gasteiger partial charge is 0.221 e. The predicted octanol–water partition coefficient (Wildman–Crippen LogP) is 1.47. The predicted molar refractivity (Wildman–Crippen MR) is 104 cm³/mol. The molecule has 0 spiro atoms. The summed E-state index contributed by atoms with van der Waals surface area (Å²) >= 11 is 0. The molecule has 2 rings (SSSR count). The molecule has 1 aliphatic heterocycles. The van der Waals surface area contributed by atoms with Crippen LogP contribution in [0.15, 0.2) is 24.3 Å². The molecule has 144 valence electrons. The number of nitrogens with one attached hydrogen (secondary N) is 2. The molecule has 6 nitrogen and oxygen atoms in total. The lowest BCUT2D eigenvalue weighted by atomic mass is 10.2. The molecule has 25 heavy (non-hydrogen) atoms. The van der Waals surface area contributed by atoms with Crippen molar-refractivity contribution in [1.82, 2.24) is 15.5 Å². The molecular formula is C17H29Cl2N3O3. The third-order valence-electron chi connectivity index (χ3n) is 3.77. The molecule has 1 aromatic carbocycles. The largest absolute Gasteiger partial charge is 0.492 e. The summed E-state index contributed by atoms with van der Waals surface area (Å²) in [4.78, 5) is 14.0. The highest BCUT2D eigenvalue weighted by Crippen LogP contribution is 2.13. The Morgan fingerprint density at radius 2 is 2.04 bits per heavy atom. The Bertz CT molecular complexity index is 486. The highest BCUT2D eigenvalue weighted by molar-refractivity contribution is 5.85. The average Bonchev–Trinajstić information content (AvgIpc) is 2.59. The topological polar surface area (TPSA) is 62.8 Å². The first-order valence-electron chi connectivity index (χ1n) is 8.21. The van der Waals surface area contributed by atoms with Crippen LogP contribution in [0.4, 0.5) is 0 Å². The van der Waals surface area contributed by atoms with Gasteiger partial charge in [0, 0.05) is 39.1 Å². The molecular weight excluding hydrogens is 365 g/mol. The van der Waals surface area contributed by atoms with E-state index in [-0.39, 0.29) is 30.7 Å². The number of nitrogens with zero attached hydrogens (tertiary/aromatic N) is 1. The molecule has 1 aliphatic rings. The van der Waals surface area contributed by atoms with E-state index in [1.165, 1.54) is 0 Å². The molecule has 8 heteroatoms. The first-order valence-corrected chi connectivity index (χ1v) is 8.21. The van der Waals surface area contributed by atoms with Crippen LogP contribution in [-0.2, 0) is 16.1 Å². The van der Waals surface area contributed by atoms with Gasteiger partial charge in [-0.2, -0.15) is 0 Å². The van der Waals surface area contributed by atoms with Crippen molar-refractivity contribution in [2.75, 3.05) is 53.0 Å². The summed E-state index contributed by atoms with van der Waals surface area (Å²) in [7, 11) is 1.84. The summed E-state index contributed by atoms with van der Waals surface area (Å²) in [5, 5.41) is 5.88. The lowest BCUT2D eigenvalue weighted by molar-refractivity contribution is -0.121. The monoisotopic (exact) mass is 393 g/mol. The van der Waals surface area contributed by atoms with Crippen molar-refractivity contribution in [3.05, 3.63) is 29.8 Å². The van der Waals surface area contributed by atoms with E-state index in [2.05, 4.69) is 15.5 Å². The Morgan fingerprint density at radius 1 is 1.28 bits per heavy atom. The van der Waals surface area contributed by atoms with E-state index in [1.807, 2.05) is 31.3 Å². The number of carbonyl (C=O) groups excluding carboxylic acids is 1. The summed E-state index contributed by atoms with van der Waals surface area (Å²) in [5.74, 6) is 0.901. The van der Waals surface area contributed by atoms with Crippen LogP contribution in [0.1, 0.15) is 12.0 Å². The summed E-state index contributed by atoms with van der Waals surface area (Å²) in [5.41, 5.74) is 1.05.